The number of carbonyl (C=O) groups is 2. The van der Waals surface area contributed by atoms with Gasteiger partial charge in [0.15, 0.2) is 0 Å². The molecule has 0 radical (unpaired) electrons. The first kappa shape index (κ1) is 23.3. The summed E-state index contributed by atoms with van der Waals surface area (Å²) >= 11 is 0. The first-order valence-electron chi connectivity index (χ1n) is 11.5. The SMILES string of the molecule is COC(=O)c1ccc(-c2cc3c(Nc4ccccc4)c(C(=O)NC4CC4)cnc3cc2OC)cc1F. The Morgan fingerprint density at radius 1 is 1.00 bits per heavy atom. The van der Waals surface area contributed by atoms with E-state index < -0.39 is 11.8 Å². The second-order valence-corrected chi connectivity index (χ2v) is 8.54. The van der Waals surface area contributed by atoms with Crippen LogP contribution in [0.4, 0.5) is 15.8 Å². The lowest BCUT2D eigenvalue weighted by atomic mass is 9.98. The fourth-order valence-electron chi connectivity index (χ4n) is 4.04. The molecule has 1 aliphatic carbocycles. The van der Waals surface area contributed by atoms with Gasteiger partial charge in [0.05, 0.1) is 36.6 Å². The summed E-state index contributed by atoms with van der Waals surface area (Å²) in [7, 11) is 2.72. The van der Waals surface area contributed by atoms with Crippen LogP contribution in [-0.2, 0) is 4.74 Å². The van der Waals surface area contributed by atoms with Crippen molar-refractivity contribution in [1.29, 1.82) is 0 Å². The van der Waals surface area contributed by atoms with Gasteiger partial charge in [-0.3, -0.25) is 9.78 Å². The van der Waals surface area contributed by atoms with Gasteiger partial charge in [0.25, 0.3) is 5.91 Å². The van der Waals surface area contributed by atoms with Gasteiger partial charge in [-0.1, -0.05) is 24.3 Å². The van der Waals surface area contributed by atoms with Gasteiger partial charge < -0.3 is 20.1 Å². The van der Waals surface area contributed by atoms with Crippen LogP contribution in [0.15, 0.2) is 66.9 Å². The Bertz CT molecular complexity index is 1470. The zero-order valence-electron chi connectivity index (χ0n) is 19.8. The van der Waals surface area contributed by atoms with E-state index in [1.807, 2.05) is 36.4 Å². The molecule has 8 heteroatoms. The minimum atomic E-state index is -0.755. The minimum Gasteiger partial charge on any atom is -0.496 e. The number of benzene rings is 3. The number of aromatic nitrogens is 1. The van der Waals surface area contributed by atoms with Gasteiger partial charge in [0.2, 0.25) is 0 Å². The summed E-state index contributed by atoms with van der Waals surface area (Å²) in [5.74, 6) is -1.20. The van der Waals surface area contributed by atoms with Crippen LogP contribution >= 0.6 is 0 Å². The zero-order valence-corrected chi connectivity index (χ0v) is 19.8. The Labute approximate surface area is 207 Å². The molecule has 7 nitrogen and oxygen atoms in total. The molecule has 0 unspecified atom stereocenters. The quantitative estimate of drug-likeness (QED) is 0.338. The van der Waals surface area contributed by atoms with Gasteiger partial charge >= 0.3 is 5.97 Å². The van der Waals surface area contributed by atoms with Crippen LogP contribution in [0.25, 0.3) is 22.0 Å². The van der Waals surface area contributed by atoms with Crippen LogP contribution in [0.3, 0.4) is 0 Å². The molecule has 2 N–H and O–H groups in total. The second-order valence-electron chi connectivity index (χ2n) is 8.54. The Morgan fingerprint density at radius 3 is 2.44 bits per heavy atom. The number of anilines is 2. The van der Waals surface area contributed by atoms with E-state index in [1.54, 1.807) is 18.3 Å². The van der Waals surface area contributed by atoms with E-state index in [0.717, 1.165) is 18.5 Å². The number of esters is 1. The number of rotatable bonds is 7. The Hall–Kier alpha value is -4.46. The van der Waals surface area contributed by atoms with Crippen molar-refractivity contribution in [3.05, 3.63) is 83.8 Å². The molecule has 1 saturated carbocycles. The molecular weight excluding hydrogens is 461 g/mol. The first-order chi connectivity index (χ1) is 17.5. The van der Waals surface area contributed by atoms with Crippen LogP contribution < -0.4 is 15.4 Å². The maximum absolute atomic E-state index is 14.8. The lowest BCUT2D eigenvalue weighted by molar-refractivity contribution is 0.0595. The van der Waals surface area contributed by atoms with Crippen LogP contribution in [0, 0.1) is 5.82 Å². The maximum atomic E-state index is 14.8. The number of para-hydroxylation sites is 1. The lowest BCUT2D eigenvalue weighted by Crippen LogP contribution is -2.26. The smallest absolute Gasteiger partial charge is 0.340 e. The van der Waals surface area contributed by atoms with E-state index in [1.165, 1.54) is 26.4 Å². The van der Waals surface area contributed by atoms with Crippen LogP contribution in [0.5, 0.6) is 5.75 Å². The number of halogens is 1. The van der Waals surface area contributed by atoms with Crippen molar-refractivity contribution in [2.45, 2.75) is 18.9 Å². The normalized spacial score (nSPS) is 12.8. The van der Waals surface area contributed by atoms with E-state index >= 15 is 0 Å². The standard InChI is InChI=1S/C28H24FN3O4/c1-35-25-14-24-21(13-20(25)16-8-11-19(23(29)12-16)28(34)36-2)26(31-17-6-4-3-5-7-17)22(15-30-24)27(33)32-18-9-10-18/h3-8,11-15,18H,9-10H2,1-2H3,(H,30,31)(H,32,33). The highest BCUT2D eigenvalue weighted by Gasteiger charge is 2.26. The summed E-state index contributed by atoms with van der Waals surface area (Å²) in [5, 5.41) is 7.06. The van der Waals surface area contributed by atoms with E-state index in [4.69, 9.17) is 4.74 Å². The molecule has 1 aliphatic rings. The summed E-state index contributed by atoms with van der Waals surface area (Å²) < 4.78 is 25.0. The molecule has 1 aromatic heterocycles. The highest BCUT2D eigenvalue weighted by atomic mass is 19.1. The van der Waals surface area contributed by atoms with Crippen molar-refractivity contribution >= 4 is 34.2 Å². The Balaban J connectivity index is 1.68. The number of nitrogens with one attached hydrogen (secondary N) is 2. The van der Waals surface area contributed by atoms with E-state index in [-0.39, 0.29) is 17.5 Å². The van der Waals surface area contributed by atoms with Gasteiger partial charge in [-0.2, -0.15) is 0 Å². The van der Waals surface area contributed by atoms with Crippen molar-refractivity contribution in [2.75, 3.05) is 19.5 Å². The number of methoxy groups -OCH3 is 2. The number of pyridine rings is 1. The summed E-state index contributed by atoms with van der Waals surface area (Å²) in [6.45, 7) is 0. The molecule has 4 aromatic rings. The molecule has 1 heterocycles. The number of hydrogen-bond acceptors (Lipinski definition) is 6. The molecule has 0 aliphatic heterocycles. The van der Waals surface area contributed by atoms with Crippen molar-refractivity contribution in [3.8, 4) is 16.9 Å². The third-order valence-corrected chi connectivity index (χ3v) is 6.07. The van der Waals surface area contributed by atoms with Gasteiger partial charge in [-0.15, -0.1) is 0 Å². The topological polar surface area (TPSA) is 89.5 Å². The van der Waals surface area contributed by atoms with Crippen molar-refractivity contribution < 1.29 is 23.5 Å². The predicted octanol–water partition coefficient (Wildman–Crippen LogP) is 5.47. The predicted molar refractivity (Wildman–Crippen MR) is 135 cm³/mol. The number of nitrogens with zero attached hydrogens (tertiary/aromatic N) is 1. The van der Waals surface area contributed by atoms with Gasteiger partial charge in [0, 0.05) is 34.9 Å². The van der Waals surface area contributed by atoms with Crippen LogP contribution in [0.1, 0.15) is 33.6 Å². The molecule has 0 atom stereocenters. The summed E-state index contributed by atoms with van der Waals surface area (Å²) in [6.07, 6.45) is 3.47. The zero-order chi connectivity index (χ0) is 25.2. The lowest BCUT2D eigenvalue weighted by Gasteiger charge is -2.17. The minimum absolute atomic E-state index is 0.159. The summed E-state index contributed by atoms with van der Waals surface area (Å²) in [6, 6.07) is 17.5. The average Bonchev–Trinajstić information content (AvgIpc) is 3.72. The third kappa shape index (κ3) is 4.57. The van der Waals surface area contributed by atoms with E-state index in [2.05, 4.69) is 20.4 Å². The Morgan fingerprint density at radius 2 is 1.78 bits per heavy atom. The summed E-state index contributed by atoms with van der Waals surface area (Å²) in [4.78, 5) is 29.5. The monoisotopic (exact) mass is 485 g/mol. The molecule has 0 saturated heterocycles. The van der Waals surface area contributed by atoms with Crippen LogP contribution in [0.2, 0.25) is 0 Å². The number of ether oxygens (including phenoxy) is 2. The van der Waals surface area contributed by atoms with Crippen molar-refractivity contribution in [1.82, 2.24) is 10.3 Å². The summed E-state index contributed by atoms with van der Waals surface area (Å²) in [5.41, 5.74) is 3.31. The van der Waals surface area contributed by atoms with Gasteiger partial charge in [-0.25, -0.2) is 9.18 Å². The van der Waals surface area contributed by atoms with Crippen molar-refractivity contribution in [2.24, 2.45) is 0 Å². The fraction of sp³-hybridized carbons (Fsp3) is 0.179. The average molecular weight is 486 g/mol. The third-order valence-electron chi connectivity index (χ3n) is 6.07. The van der Waals surface area contributed by atoms with Crippen LogP contribution in [-0.4, -0.2) is 37.1 Å². The highest BCUT2D eigenvalue weighted by Crippen LogP contribution is 2.39. The number of amides is 1. The molecule has 0 spiro atoms. The molecule has 0 bridgehead atoms. The second kappa shape index (κ2) is 9.65. The van der Waals surface area contributed by atoms with E-state index in [9.17, 15) is 14.0 Å². The van der Waals surface area contributed by atoms with Crippen molar-refractivity contribution in [3.63, 3.8) is 0 Å². The fourth-order valence-corrected chi connectivity index (χ4v) is 4.04. The number of hydrogen-bond donors (Lipinski definition) is 2. The number of fused-ring (bicyclic) bond motifs is 1. The van der Waals surface area contributed by atoms with E-state index in [0.29, 0.717) is 39.0 Å². The molecule has 36 heavy (non-hydrogen) atoms. The highest BCUT2D eigenvalue weighted by molar-refractivity contribution is 6.09. The largest absolute Gasteiger partial charge is 0.496 e. The molecule has 182 valence electrons. The maximum Gasteiger partial charge on any atom is 0.340 e. The molecule has 1 fully saturated rings. The first-order valence-corrected chi connectivity index (χ1v) is 11.5. The van der Waals surface area contributed by atoms with Gasteiger partial charge in [0.1, 0.15) is 11.6 Å². The molecule has 5 rings (SSSR count). The number of carbonyl (C=O) groups excluding carboxylic acids is 2. The molecular formula is C28H24FN3O4. The molecule has 3 aromatic carbocycles. The van der Waals surface area contributed by atoms with Gasteiger partial charge in [-0.05, 0) is 48.7 Å². The Kier molecular flexibility index (Phi) is 6.25. The molecule has 1 amide bonds.